The number of piperidine rings is 1. The maximum absolute atomic E-state index is 13.1. The van der Waals surface area contributed by atoms with Crippen molar-refractivity contribution in [3.8, 4) is 0 Å². The molecule has 2 fully saturated rings. The second-order valence-electron chi connectivity index (χ2n) is 7.33. The molecule has 0 saturated carbocycles. The molecule has 0 spiro atoms. The third kappa shape index (κ3) is 3.88. The van der Waals surface area contributed by atoms with Crippen LogP contribution in [0.15, 0.2) is 36.5 Å². The van der Waals surface area contributed by atoms with Gasteiger partial charge in [0.15, 0.2) is 0 Å². The number of morpholine rings is 1. The van der Waals surface area contributed by atoms with Crippen LogP contribution < -0.4 is 5.32 Å². The maximum atomic E-state index is 13.1. The normalized spacial score (nSPS) is 26.1. The van der Waals surface area contributed by atoms with Gasteiger partial charge in [-0.05, 0) is 38.4 Å². The predicted molar refractivity (Wildman–Crippen MR) is 104 cm³/mol. The van der Waals surface area contributed by atoms with Crippen LogP contribution in [0.4, 0.5) is 0 Å². The smallest absolute Gasteiger partial charge is 0.274 e. The van der Waals surface area contributed by atoms with E-state index in [1.807, 2.05) is 53.0 Å². The molecule has 2 aliphatic heterocycles. The summed E-state index contributed by atoms with van der Waals surface area (Å²) in [6.45, 7) is 4.91. The summed E-state index contributed by atoms with van der Waals surface area (Å²) in [5, 5.41) is 8.63. The van der Waals surface area contributed by atoms with Crippen LogP contribution in [0, 0.1) is 0 Å². The molecular formula is C20H25ClN4O2. The Kier molecular flexibility index (Phi) is 5.48. The Morgan fingerprint density at radius 2 is 2.19 bits per heavy atom. The number of nitrogens with one attached hydrogen (secondary N) is 1. The molecule has 3 unspecified atom stereocenters. The Labute approximate surface area is 164 Å². The molecule has 3 heterocycles. The Bertz CT molecular complexity index is 803. The first-order chi connectivity index (χ1) is 13.1. The van der Waals surface area contributed by atoms with Crippen molar-refractivity contribution in [3.05, 3.63) is 52.8 Å². The molecule has 0 radical (unpaired) electrons. The Morgan fingerprint density at radius 1 is 1.33 bits per heavy atom. The van der Waals surface area contributed by atoms with E-state index in [2.05, 4.69) is 10.4 Å². The molecule has 0 aliphatic carbocycles. The summed E-state index contributed by atoms with van der Waals surface area (Å²) >= 11 is 6.32. The van der Waals surface area contributed by atoms with Gasteiger partial charge in [0.05, 0.1) is 25.2 Å². The second kappa shape index (κ2) is 8.00. The molecule has 1 aromatic heterocycles. The number of rotatable bonds is 3. The van der Waals surface area contributed by atoms with Crippen LogP contribution in [-0.4, -0.2) is 52.9 Å². The lowest BCUT2D eigenvalue weighted by Crippen LogP contribution is -2.48. The molecule has 0 bridgehead atoms. The standard InChI is InChI=1S/C20H25ClN4O2/c1-14-13-27-19(16-6-2-3-7-17(16)21)12-24(14)20(26)18-8-10-25(23-18)15-5-4-9-22-11-15/h2-3,6-8,10,14-15,19,22H,4-5,9,11-13H2,1H3. The lowest BCUT2D eigenvalue weighted by atomic mass is 10.1. The zero-order valence-corrected chi connectivity index (χ0v) is 16.2. The molecule has 1 aromatic carbocycles. The zero-order valence-electron chi connectivity index (χ0n) is 15.5. The van der Waals surface area contributed by atoms with Crippen molar-refractivity contribution in [2.75, 3.05) is 26.2 Å². The van der Waals surface area contributed by atoms with Crippen molar-refractivity contribution < 1.29 is 9.53 Å². The number of amides is 1. The van der Waals surface area contributed by atoms with Crippen LogP contribution in [0.5, 0.6) is 0 Å². The average Bonchev–Trinajstić information content (AvgIpc) is 3.19. The summed E-state index contributed by atoms with van der Waals surface area (Å²) in [5.74, 6) is -0.0506. The summed E-state index contributed by atoms with van der Waals surface area (Å²) in [5.41, 5.74) is 1.41. The van der Waals surface area contributed by atoms with E-state index < -0.39 is 0 Å². The summed E-state index contributed by atoms with van der Waals surface area (Å²) in [7, 11) is 0. The van der Waals surface area contributed by atoms with Gasteiger partial charge in [-0.3, -0.25) is 9.48 Å². The molecule has 144 valence electrons. The number of hydrogen-bond acceptors (Lipinski definition) is 4. The third-order valence-electron chi connectivity index (χ3n) is 5.42. The van der Waals surface area contributed by atoms with Crippen LogP contribution in [-0.2, 0) is 4.74 Å². The lowest BCUT2D eigenvalue weighted by Gasteiger charge is -2.38. The van der Waals surface area contributed by atoms with Crippen LogP contribution >= 0.6 is 11.6 Å². The van der Waals surface area contributed by atoms with Crippen LogP contribution in [0.2, 0.25) is 5.02 Å². The van der Waals surface area contributed by atoms with Gasteiger partial charge in [0.1, 0.15) is 11.8 Å². The Balaban J connectivity index is 1.50. The monoisotopic (exact) mass is 388 g/mol. The molecule has 6 nitrogen and oxygen atoms in total. The molecule has 2 aliphatic rings. The minimum absolute atomic E-state index is 0.00210. The molecule has 7 heteroatoms. The van der Waals surface area contributed by atoms with Crippen molar-refractivity contribution in [1.82, 2.24) is 20.0 Å². The van der Waals surface area contributed by atoms with Gasteiger partial charge >= 0.3 is 0 Å². The minimum atomic E-state index is -0.219. The highest BCUT2D eigenvalue weighted by molar-refractivity contribution is 6.31. The summed E-state index contributed by atoms with van der Waals surface area (Å²) in [6.07, 6.45) is 3.92. The van der Waals surface area contributed by atoms with E-state index in [1.54, 1.807) is 0 Å². The highest BCUT2D eigenvalue weighted by Crippen LogP contribution is 2.30. The molecule has 1 amide bonds. The number of aromatic nitrogens is 2. The van der Waals surface area contributed by atoms with Crippen LogP contribution in [0.3, 0.4) is 0 Å². The fourth-order valence-electron chi connectivity index (χ4n) is 3.83. The number of carbonyl (C=O) groups excluding carboxylic acids is 1. The SMILES string of the molecule is CC1COC(c2ccccc2Cl)CN1C(=O)c1ccn(C2CCCNC2)n1. The molecule has 2 saturated heterocycles. The first-order valence-corrected chi connectivity index (χ1v) is 9.94. The van der Waals surface area contributed by atoms with E-state index in [0.717, 1.165) is 31.5 Å². The van der Waals surface area contributed by atoms with Crippen LogP contribution in [0.25, 0.3) is 0 Å². The number of hydrogen-bond donors (Lipinski definition) is 1. The predicted octanol–water partition coefficient (Wildman–Crippen LogP) is 3.06. The largest absolute Gasteiger partial charge is 0.369 e. The first kappa shape index (κ1) is 18.5. The van der Waals surface area contributed by atoms with Crippen molar-refractivity contribution in [1.29, 1.82) is 0 Å². The van der Waals surface area contributed by atoms with E-state index >= 15 is 0 Å². The highest BCUT2D eigenvalue weighted by Gasteiger charge is 2.33. The van der Waals surface area contributed by atoms with Gasteiger partial charge in [-0.1, -0.05) is 29.8 Å². The average molecular weight is 389 g/mol. The second-order valence-corrected chi connectivity index (χ2v) is 7.74. The van der Waals surface area contributed by atoms with E-state index in [9.17, 15) is 4.79 Å². The topological polar surface area (TPSA) is 59.4 Å². The van der Waals surface area contributed by atoms with E-state index in [1.165, 1.54) is 0 Å². The van der Waals surface area contributed by atoms with Gasteiger partial charge in [-0.15, -0.1) is 0 Å². The molecule has 3 atom stereocenters. The Hall–Kier alpha value is -1.89. The number of halogens is 1. The summed E-state index contributed by atoms with van der Waals surface area (Å²) in [6, 6.07) is 9.78. The number of ether oxygens (including phenoxy) is 1. The quantitative estimate of drug-likeness (QED) is 0.877. The highest BCUT2D eigenvalue weighted by atomic mass is 35.5. The molecule has 27 heavy (non-hydrogen) atoms. The Morgan fingerprint density at radius 3 is 2.96 bits per heavy atom. The van der Waals surface area contributed by atoms with Gasteiger partial charge < -0.3 is 15.0 Å². The fraction of sp³-hybridized carbons (Fsp3) is 0.500. The summed E-state index contributed by atoms with van der Waals surface area (Å²) < 4.78 is 7.89. The molecule has 2 aromatic rings. The van der Waals surface area contributed by atoms with Gasteiger partial charge in [0, 0.05) is 23.3 Å². The molecular weight excluding hydrogens is 364 g/mol. The summed E-state index contributed by atoms with van der Waals surface area (Å²) in [4.78, 5) is 15.0. The first-order valence-electron chi connectivity index (χ1n) is 9.56. The van der Waals surface area contributed by atoms with E-state index in [4.69, 9.17) is 16.3 Å². The van der Waals surface area contributed by atoms with Crippen molar-refractivity contribution in [3.63, 3.8) is 0 Å². The van der Waals surface area contributed by atoms with Gasteiger partial charge in [-0.2, -0.15) is 5.10 Å². The third-order valence-corrected chi connectivity index (χ3v) is 5.76. The fourth-order valence-corrected chi connectivity index (χ4v) is 4.08. The zero-order chi connectivity index (χ0) is 18.8. The van der Waals surface area contributed by atoms with Gasteiger partial charge in [0.25, 0.3) is 5.91 Å². The number of benzene rings is 1. The van der Waals surface area contributed by atoms with Crippen molar-refractivity contribution in [2.24, 2.45) is 0 Å². The molecule has 4 rings (SSSR count). The maximum Gasteiger partial charge on any atom is 0.274 e. The van der Waals surface area contributed by atoms with E-state index in [0.29, 0.717) is 29.9 Å². The van der Waals surface area contributed by atoms with Crippen molar-refractivity contribution in [2.45, 2.75) is 38.0 Å². The van der Waals surface area contributed by atoms with E-state index in [-0.39, 0.29) is 18.1 Å². The minimum Gasteiger partial charge on any atom is -0.369 e. The van der Waals surface area contributed by atoms with Gasteiger partial charge in [0.2, 0.25) is 0 Å². The van der Waals surface area contributed by atoms with Crippen molar-refractivity contribution >= 4 is 17.5 Å². The van der Waals surface area contributed by atoms with Crippen LogP contribution in [0.1, 0.15) is 48.0 Å². The van der Waals surface area contributed by atoms with Gasteiger partial charge in [-0.25, -0.2) is 0 Å². The molecule has 1 N–H and O–H groups in total. The number of nitrogens with zero attached hydrogens (tertiary/aromatic N) is 3. The number of carbonyl (C=O) groups is 1. The lowest BCUT2D eigenvalue weighted by molar-refractivity contribution is -0.0488.